The number of sulfonamides is 1. The summed E-state index contributed by atoms with van der Waals surface area (Å²) in [6, 6.07) is 16.4. The van der Waals surface area contributed by atoms with E-state index in [9.17, 15) is 18.0 Å². The van der Waals surface area contributed by atoms with Gasteiger partial charge in [0.25, 0.3) is 15.9 Å². The fraction of sp³-hybridized carbons (Fsp3) is 0.0476. The van der Waals surface area contributed by atoms with Gasteiger partial charge in [0.2, 0.25) is 0 Å². The molecule has 31 heavy (non-hydrogen) atoms. The summed E-state index contributed by atoms with van der Waals surface area (Å²) in [7, 11) is -2.78. The summed E-state index contributed by atoms with van der Waals surface area (Å²) < 4.78 is 39.0. The van der Waals surface area contributed by atoms with Gasteiger partial charge < -0.3 is 9.15 Å². The van der Waals surface area contributed by atoms with Gasteiger partial charge in [-0.3, -0.25) is 4.79 Å². The predicted molar refractivity (Wildman–Crippen MR) is 121 cm³/mol. The summed E-state index contributed by atoms with van der Waals surface area (Å²) >= 11 is 4.10. The van der Waals surface area contributed by atoms with Crippen molar-refractivity contribution in [2.75, 3.05) is 11.4 Å². The van der Waals surface area contributed by atoms with Gasteiger partial charge in [-0.15, -0.1) is 0 Å². The number of carbonyl (C=O) groups is 1. The molecule has 0 bridgehead atoms. The minimum atomic E-state index is -4.27. The second-order valence-electron chi connectivity index (χ2n) is 6.34. The normalized spacial score (nSPS) is 11.4. The van der Waals surface area contributed by atoms with Crippen LogP contribution in [0.1, 0.15) is 10.4 Å². The first-order valence-electron chi connectivity index (χ1n) is 8.82. The average Bonchev–Trinajstić information content (AvgIpc) is 3.13. The van der Waals surface area contributed by atoms with Crippen LogP contribution in [0.3, 0.4) is 0 Å². The molecule has 0 unspecified atom stereocenters. The number of benzene rings is 3. The van der Waals surface area contributed by atoms with Crippen molar-refractivity contribution in [3.63, 3.8) is 0 Å². The number of hydrogen-bond acceptors (Lipinski definition) is 7. The van der Waals surface area contributed by atoms with E-state index in [2.05, 4.69) is 15.9 Å². The highest BCUT2D eigenvalue weighted by Gasteiger charge is 2.32. The Bertz CT molecular complexity index is 1420. The van der Waals surface area contributed by atoms with Crippen LogP contribution in [-0.2, 0) is 10.0 Å². The van der Waals surface area contributed by atoms with Crippen LogP contribution in [0.5, 0.6) is 5.75 Å². The Labute approximate surface area is 189 Å². The lowest BCUT2D eigenvalue weighted by molar-refractivity contribution is 0.101. The molecule has 0 aliphatic carbocycles. The van der Waals surface area contributed by atoms with E-state index in [1.807, 2.05) is 0 Å². The summed E-state index contributed by atoms with van der Waals surface area (Å²) in [5.41, 5.74) is 0.562. The third-order valence-electron chi connectivity index (χ3n) is 4.42. The van der Waals surface area contributed by atoms with Gasteiger partial charge >= 0.3 is 4.94 Å². The van der Waals surface area contributed by atoms with Crippen molar-refractivity contribution in [3.8, 4) is 5.75 Å². The number of fused-ring (bicyclic) bond motifs is 1. The number of methoxy groups -OCH3 is 1. The number of hydrogen-bond donors (Lipinski definition) is 0. The zero-order valence-corrected chi connectivity index (χ0v) is 19.2. The van der Waals surface area contributed by atoms with Crippen LogP contribution in [0.25, 0.3) is 10.3 Å². The Morgan fingerprint density at radius 3 is 2.35 bits per heavy atom. The van der Waals surface area contributed by atoms with Crippen molar-refractivity contribution in [2.24, 2.45) is 0 Å². The molecule has 1 heterocycles. The van der Waals surface area contributed by atoms with Crippen LogP contribution >= 0.6 is 27.3 Å². The first-order valence-corrected chi connectivity index (χ1v) is 11.9. The van der Waals surface area contributed by atoms with Crippen LogP contribution in [0, 0.1) is 0 Å². The van der Waals surface area contributed by atoms with E-state index < -0.39 is 20.9 Å². The van der Waals surface area contributed by atoms with Gasteiger partial charge in [0.05, 0.1) is 22.4 Å². The first kappa shape index (κ1) is 21.3. The van der Waals surface area contributed by atoms with Crippen LogP contribution in [-0.4, -0.2) is 21.4 Å². The number of nitrogens with zero attached hydrogens (tertiary/aromatic N) is 1. The molecule has 0 fully saturated rings. The maximum Gasteiger partial charge on any atom is 0.396 e. The quantitative estimate of drug-likeness (QED) is 0.380. The number of halogens is 1. The fourth-order valence-electron chi connectivity index (χ4n) is 2.92. The second kappa shape index (κ2) is 8.29. The maximum absolute atomic E-state index is 13.5. The Kier molecular flexibility index (Phi) is 5.69. The van der Waals surface area contributed by atoms with E-state index in [0.717, 1.165) is 15.6 Å². The molecule has 0 saturated heterocycles. The van der Waals surface area contributed by atoms with E-state index in [1.165, 1.54) is 49.6 Å². The lowest BCUT2D eigenvalue weighted by Crippen LogP contribution is -2.37. The van der Waals surface area contributed by atoms with E-state index in [1.54, 1.807) is 24.3 Å². The van der Waals surface area contributed by atoms with E-state index in [0.29, 0.717) is 20.5 Å². The topological polar surface area (TPSA) is 93.9 Å². The van der Waals surface area contributed by atoms with Crippen molar-refractivity contribution in [3.05, 3.63) is 86.5 Å². The van der Waals surface area contributed by atoms with Crippen LogP contribution in [0.4, 0.5) is 5.69 Å². The maximum atomic E-state index is 13.5. The minimum absolute atomic E-state index is 0.0574. The number of anilines is 1. The molecular weight excluding hydrogens is 506 g/mol. The Morgan fingerprint density at radius 1 is 1.03 bits per heavy atom. The van der Waals surface area contributed by atoms with E-state index >= 15 is 0 Å². The lowest BCUT2D eigenvalue weighted by atomic mass is 10.2. The van der Waals surface area contributed by atoms with E-state index in [4.69, 9.17) is 9.15 Å². The van der Waals surface area contributed by atoms with Gasteiger partial charge in [0, 0.05) is 10.0 Å². The smallest absolute Gasteiger partial charge is 0.396 e. The van der Waals surface area contributed by atoms with Gasteiger partial charge in [-0.2, -0.15) is 4.31 Å². The molecule has 1 aromatic heterocycles. The zero-order chi connectivity index (χ0) is 22.2. The van der Waals surface area contributed by atoms with Crippen molar-refractivity contribution < 1.29 is 22.4 Å². The predicted octanol–water partition coefficient (Wildman–Crippen LogP) is 4.66. The molecule has 0 radical (unpaired) electrons. The second-order valence-corrected chi connectivity index (χ2v) is 10.0. The number of ether oxygens (including phenoxy) is 1. The van der Waals surface area contributed by atoms with Gasteiger partial charge in [0.15, 0.2) is 0 Å². The third kappa shape index (κ3) is 4.14. The van der Waals surface area contributed by atoms with Crippen LogP contribution < -0.4 is 14.0 Å². The molecule has 0 aliphatic rings. The molecule has 158 valence electrons. The molecule has 0 atom stereocenters. The summed E-state index contributed by atoms with van der Waals surface area (Å²) in [4.78, 5) is 24.4. The Balaban J connectivity index is 1.88. The molecule has 4 rings (SSSR count). The summed E-state index contributed by atoms with van der Waals surface area (Å²) in [5, 5.41) is 0. The van der Waals surface area contributed by atoms with Gasteiger partial charge in [-0.1, -0.05) is 27.3 Å². The molecule has 3 aromatic carbocycles. The fourth-order valence-corrected chi connectivity index (χ4v) is 5.29. The molecule has 10 heteroatoms. The molecular formula is C21H14BrNO6S2. The van der Waals surface area contributed by atoms with Crippen molar-refractivity contribution in [1.82, 2.24) is 0 Å². The molecule has 7 nitrogen and oxygen atoms in total. The van der Waals surface area contributed by atoms with Crippen LogP contribution in [0.2, 0.25) is 0 Å². The van der Waals surface area contributed by atoms with Gasteiger partial charge in [0.1, 0.15) is 11.3 Å². The Hall–Kier alpha value is -2.95. The molecule has 0 saturated carbocycles. The third-order valence-corrected chi connectivity index (χ3v) is 7.46. The number of carbonyl (C=O) groups excluding carboxylic acids is 1. The van der Waals surface area contributed by atoms with Crippen molar-refractivity contribution in [1.29, 1.82) is 0 Å². The highest BCUT2D eigenvalue weighted by molar-refractivity contribution is 9.10. The summed E-state index contributed by atoms with van der Waals surface area (Å²) in [5.74, 6) is -0.218. The largest absolute Gasteiger partial charge is 0.497 e. The minimum Gasteiger partial charge on any atom is -0.497 e. The number of amides is 1. The first-order chi connectivity index (χ1) is 14.8. The Morgan fingerprint density at radius 2 is 1.71 bits per heavy atom. The summed E-state index contributed by atoms with van der Waals surface area (Å²) in [6.45, 7) is 0. The van der Waals surface area contributed by atoms with Crippen molar-refractivity contribution >= 4 is 59.2 Å². The monoisotopic (exact) mass is 519 g/mol. The SMILES string of the molecule is COc1ccc(C(=O)N(c2ccc3oc(=O)sc3c2)S(=O)(=O)c2ccc(Br)cc2)cc1. The highest BCUT2D eigenvalue weighted by atomic mass is 79.9. The standard InChI is InChI=1S/C21H14BrNO6S2/c1-28-16-7-2-13(3-8-16)20(24)23(31(26,27)17-9-4-14(22)5-10-17)15-6-11-18-19(12-15)30-21(25)29-18/h2-12H,1H3. The van der Waals surface area contributed by atoms with Crippen molar-refractivity contribution in [2.45, 2.75) is 4.90 Å². The number of rotatable bonds is 5. The molecule has 1 amide bonds. The van der Waals surface area contributed by atoms with E-state index in [-0.39, 0.29) is 16.1 Å². The van der Waals surface area contributed by atoms with Gasteiger partial charge in [-0.25, -0.2) is 13.2 Å². The molecule has 0 N–H and O–H groups in total. The molecule has 4 aromatic rings. The molecule has 0 aliphatic heterocycles. The van der Waals surface area contributed by atoms with Crippen LogP contribution in [0.15, 0.2) is 85.3 Å². The highest BCUT2D eigenvalue weighted by Crippen LogP contribution is 2.31. The summed E-state index contributed by atoms with van der Waals surface area (Å²) in [6.07, 6.45) is 0. The zero-order valence-electron chi connectivity index (χ0n) is 15.9. The molecule has 0 spiro atoms. The average molecular weight is 520 g/mol. The lowest BCUT2D eigenvalue weighted by Gasteiger charge is -2.23. The van der Waals surface area contributed by atoms with Gasteiger partial charge in [-0.05, 0) is 66.7 Å².